The Balaban J connectivity index is 0.00000225. The number of likely N-dealkylation sites (tertiary alicyclic amines) is 1. The first-order valence-corrected chi connectivity index (χ1v) is 9.88. The van der Waals surface area contributed by atoms with Gasteiger partial charge in [-0.05, 0) is 43.5 Å². The van der Waals surface area contributed by atoms with E-state index in [0.29, 0.717) is 12.3 Å². The van der Waals surface area contributed by atoms with Gasteiger partial charge in [-0.15, -0.1) is 12.4 Å². The number of carbonyl (C=O) groups excluding carboxylic acids is 2. The maximum atomic E-state index is 12.5. The summed E-state index contributed by atoms with van der Waals surface area (Å²) in [6, 6.07) is 17.5. The molecule has 0 radical (unpaired) electrons. The third-order valence-electron chi connectivity index (χ3n) is 5.83. The summed E-state index contributed by atoms with van der Waals surface area (Å²) in [5.74, 6) is 0.962. The average molecular weight is 399 g/mol. The standard InChI is InChI=1S/C23H26N2O2.ClH/c26-22(19-6-2-1-3-7-19)12-15-24-13-10-18(11-14-24)16-25-17-20-8-4-5-9-21(20)23(25)27;/h1-9,18H,10-17H2;1H. The Hall–Kier alpha value is -2.17. The first-order valence-electron chi connectivity index (χ1n) is 9.88. The second-order valence-electron chi connectivity index (χ2n) is 7.67. The summed E-state index contributed by atoms with van der Waals surface area (Å²) < 4.78 is 0. The summed E-state index contributed by atoms with van der Waals surface area (Å²) in [4.78, 5) is 29.2. The number of hydrogen-bond donors (Lipinski definition) is 0. The molecule has 0 bridgehead atoms. The first kappa shape index (κ1) is 20.6. The van der Waals surface area contributed by atoms with E-state index in [2.05, 4.69) is 11.0 Å². The molecule has 2 aliphatic rings. The number of hydrogen-bond acceptors (Lipinski definition) is 3. The van der Waals surface area contributed by atoms with E-state index >= 15 is 0 Å². The molecule has 2 heterocycles. The van der Waals surface area contributed by atoms with Crippen molar-refractivity contribution < 1.29 is 9.59 Å². The van der Waals surface area contributed by atoms with Gasteiger partial charge in [-0.1, -0.05) is 48.5 Å². The molecule has 1 amide bonds. The predicted octanol–water partition coefficient (Wildman–Crippen LogP) is 4.05. The molecular weight excluding hydrogens is 372 g/mol. The molecule has 4 nitrogen and oxygen atoms in total. The van der Waals surface area contributed by atoms with Crippen molar-refractivity contribution in [2.24, 2.45) is 5.92 Å². The third kappa shape index (κ3) is 4.62. The lowest BCUT2D eigenvalue weighted by molar-refractivity contribution is 0.0709. The van der Waals surface area contributed by atoms with E-state index < -0.39 is 0 Å². The second kappa shape index (κ2) is 9.35. The van der Waals surface area contributed by atoms with Gasteiger partial charge in [0, 0.05) is 37.2 Å². The lowest BCUT2D eigenvalue weighted by atomic mass is 9.96. The Labute approximate surface area is 172 Å². The second-order valence-corrected chi connectivity index (χ2v) is 7.67. The number of Topliss-reactive ketones (excluding diaryl/α,β-unsaturated/α-hetero) is 1. The molecule has 0 aromatic heterocycles. The van der Waals surface area contributed by atoms with Crippen LogP contribution in [0.25, 0.3) is 0 Å². The van der Waals surface area contributed by atoms with E-state index in [1.54, 1.807) is 0 Å². The predicted molar refractivity (Wildman–Crippen MR) is 113 cm³/mol. The molecule has 0 spiro atoms. The molecule has 1 saturated heterocycles. The molecule has 148 valence electrons. The van der Waals surface area contributed by atoms with E-state index in [1.807, 2.05) is 53.4 Å². The SMILES string of the molecule is Cl.O=C(CCN1CCC(CN2Cc3ccccc3C2=O)CC1)c1ccccc1. The highest BCUT2D eigenvalue weighted by atomic mass is 35.5. The van der Waals surface area contributed by atoms with Crippen molar-refractivity contribution >= 4 is 24.1 Å². The number of fused-ring (bicyclic) bond motifs is 1. The number of benzene rings is 2. The molecular formula is C23H27ClN2O2. The molecule has 28 heavy (non-hydrogen) atoms. The van der Waals surface area contributed by atoms with E-state index in [1.165, 1.54) is 0 Å². The quantitative estimate of drug-likeness (QED) is 0.689. The summed E-state index contributed by atoms with van der Waals surface area (Å²) in [6.45, 7) is 4.46. The lowest BCUT2D eigenvalue weighted by Crippen LogP contribution is -2.39. The fraction of sp³-hybridized carbons (Fsp3) is 0.391. The number of halogens is 1. The van der Waals surface area contributed by atoms with Crippen molar-refractivity contribution in [1.82, 2.24) is 9.80 Å². The van der Waals surface area contributed by atoms with Crippen molar-refractivity contribution in [3.63, 3.8) is 0 Å². The number of nitrogens with zero attached hydrogens (tertiary/aromatic N) is 2. The van der Waals surface area contributed by atoms with Crippen LogP contribution in [0.3, 0.4) is 0 Å². The molecule has 0 aliphatic carbocycles. The highest BCUT2D eigenvalue weighted by Crippen LogP contribution is 2.26. The first-order chi connectivity index (χ1) is 13.2. The van der Waals surface area contributed by atoms with Gasteiger partial charge in [-0.2, -0.15) is 0 Å². The topological polar surface area (TPSA) is 40.6 Å². The Morgan fingerprint density at radius 3 is 2.36 bits per heavy atom. The van der Waals surface area contributed by atoms with Crippen molar-refractivity contribution in [3.8, 4) is 0 Å². The molecule has 4 rings (SSSR count). The van der Waals surface area contributed by atoms with Gasteiger partial charge in [-0.25, -0.2) is 0 Å². The van der Waals surface area contributed by atoms with Gasteiger partial charge < -0.3 is 9.80 Å². The fourth-order valence-corrected chi connectivity index (χ4v) is 4.19. The summed E-state index contributed by atoms with van der Waals surface area (Å²) >= 11 is 0. The molecule has 5 heteroatoms. The van der Waals surface area contributed by atoms with Crippen LogP contribution in [0.15, 0.2) is 54.6 Å². The van der Waals surface area contributed by atoms with Crippen molar-refractivity contribution in [3.05, 3.63) is 71.3 Å². The monoisotopic (exact) mass is 398 g/mol. The van der Waals surface area contributed by atoms with Crippen LogP contribution in [0.1, 0.15) is 45.5 Å². The molecule has 0 saturated carbocycles. The molecule has 0 N–H and O–H groups in total. The van der Waals surface area contributed by atoms with Crippen LogP contribution in [0.4, 0.5) is 0 Å². The number of rotatable bonds is 6. The smallest absolute Gasteiger partial charge is 0.254 e. The van der Waals surface area contributed by atoms with Crippen LogP contribution in [0.2, 0.25) is 0 Å². The summed E-state index contributed by atoms with van der Waals surface area (Å²) in [5, 5.41) is 0. The largest absolute Gasteiger partial charge is 0.334 e. The highest BCUT2D eigenvalue weighted by molar-refractivity contribution is 5.98. The van der Waals surface area contributed by atoms with E-state index in [-0.39, 0.29) is 24.1 Å². The number of amides is 1. The van der Waals surface area contributed by atoms with Gasteiger partial charge in [-0.3, -0.25) is 9.59 Å². The molecule has 1 fully saturated rings. The van der Waals surface area contributed by atoms with E-state index in [0.717, 1.165) is 62.3 Å². The molecule has 2 aromatic rings. The zero-order valence-electron chi connectivity index (χ0n) is 16.0. The molecule has 0 unspecified atom stereocenters. The Bertz CT molecular complexity index is 816. The minimum Gasteiger partial charge on any atom is -0.334 e. The van der Waals surface area contributed by atoms with Crippen molar-refractivity contribution in [1.29, 1.82) is 0 Å². The van der Waals surface area contributed by atoms with Gasteiger partial charge in [0.2, 0.25) is 0 Å². The Morgan fingerprint density at radius 2 is 1.64 bits per heavy atom. The van der Waals surface area contributed by atoms with Crippen molar-refractivity contribution in [2.75, 3.05) is 26.2 Å². The van der Waals surface area contributed by atoms with Crippen LogP contribution >= 0.6 is 12.4 Å². The van der Waals surface area contributed by atoms with Crippen LogP contribution < -0.4 is 0 Å². The maximum absolute atomic E-state index is 12.5. The van der Waals surface area contributed by atoms with Gasteiger partial charge >= 0.3 is 0 Å². The van der Waals surface area contributed by atoms with Gasteiger partial charge in [0.15, 0.2) is 5.78 Å². The molecule has 2 aliphatic heterocycles. The number of piperidine rings is 1. The minimum atomic E-state index is 0. The zero-order chi connectivity index (χ0) is 18.6. The molecule has 0 atom stereocenters. The van der Waals surface area contributed by atoms with Crippen LogP contribution in [-0.2, 0) is 6.54 Å². The van der Waals surface area contributed by atoms with E-state index in [9.17, 15) is 9.59 Å². The number of carbonyl (C=O) groups is 2. The number of ketones is 1. The summed E-state index contributed by atoms with van der Waals surface area (Å²) in [7, 11) is 0. The zero-order valence-corrected chi connectivity index (χ0v) is 16.9. The van der Waals surface area contributed by atoms with Crippen LogP contribution in [-0.4, -0.2) is 47.7 Å². The lowest BCUT2D eigenvalue weighted by Gasteiger charge is -2.33. The fourth-order valence-electron chi connectivity index (χ4n) is 4.19. The summed E-state index contributed by atoms with van der Waals surface area (Å²) in [5.41, 5.74) is 2.83. The van der Waals surface area contributed by atoms with Gasteiger partial charge in [0.1, 0.15) is 0 Å². The Morgan fingerprint density at radius 1 is 0.964 bits per heavy atom. The van der Waals surface area contributed by atoms with Crippen LogP contribution in [0.5, 0.6) is 0 Å². The Kier molecular flexibility index (Phi) is 6.87. The average Bonchev–Trinajstić information content (AvgIpc) is 3.03. The van der Waals surface area contributed by atoms with Crippen LogP contribution in [0, 0.1) is 5.92 Å². The maximum Gasteiger partial charge on any atom is 0.254 e. The van der Waals surface area contributed by atoms with Crippen molar-refractivity contribution in [2.45, 2.75) is 25.8 Å². The molecule has 2 aromatic carbocycles. The minimum absolute atomic E-state index is 0. The normalized spacial score (nSPS) is 17.3. The van der Waals surface area contributed by atoms with Gasteiger partial charge in [0.25, 0.3) is 5.91 Å². The van der Waals surface area contributed by atoms with E-state index in [4.69, 9.17) is 0 Å². The van der Waals surface area contributed by atoms with Gasteiger partial charge in [0.05, 0.1) is 0 Å². The highest BCUT2D eigenvalue weighted by Gasteiger charge is 2.30. The third-order valence-corrected chi connectivity index (χ3v) is 5.83. The summed E-state index contributed by atoms with van der Waals surface area (Å²) in [6.07, 6.45) is 2.77.